The molecule has 5 rings (SSSR count). The number of rotatable bonds is 4. The highest BCUT2D eigenvalue weighted by Crippen LogP contribution is 2.35. The first kappa shape index (κ1) is 18.8. The monoisotopic (exact) mass is 412 g/mol. The lowest BCUT2D eigenvalue weighted by Gasteiger charge is -2.45. The van der Waals surface area contributed by atoms with Crippen LogP contribution in [0.1, 0.15) is 31.0 Å². The van der Waals surface area contributed by atoms with Gasteiger partial charge < -0.3 is 15.1 Å². The number of amides is 4. The molecule has 1 atom stereocenters. The first-order valence-electron chi connectivity index (χ1n) is 10.2. The summed E-state index contributed by atoms with van der Waals surface area (Å²) < 4.78 is 1.83. The minimum Gasteiger partial charge on any atom is -0.351 e. The number of hydrogen-bond acceptors (Lipinski definition) is 7. The third kappa shape index (κ3) is 2.87. The molecule has 4 heterocycles. The third-order valence-electron chi connectivity index (χ3n) is 6.51. The van der Waals surface area contributed by atoms with Gasteiger partial charge in [0.1, 0.15) is 11.7 Å². The summed E-state index contributed by atoms with van der Waals surface area (Å²) in [5.74, 6) is 0.566. The Hall–Kier alpha value is -3.24. The van der Waals surface area contributed by atoms with Crippen molar-refractivity contribution in [3.63, 3.8) is 0 Å². The molecule has 0 radical (unpaired) electrons. The Morgan fingerprint density at radius 3 is 2.67 bits per heavy atom. The molecule has 2 saturated heterocycles. The number of nitrogens with one attached hydrogen (secondary N) is 1. The second-order valence-electron chi connectivity index (χ2n) is 8.29. The van der Waals surface area contributed by atoms with Gasteiger partial charge in [0.25, 0.3) is 0 Å². The number of carbonyl (C=O) groups is 3. The van der Waals surface area contributed by atoms with E-state index in [0.29, 0.717) is 19.0 Å². The number of imide groups is 1. The van der Waals surface area contributed by atoms with Crippen LogP contribution >= 0.6 is 0 Å². The quantitative estimate of drug-likeness (QED) is 0.694. The highest BCUT2D eigenvalue weighted by Gasteiger charge is 2.42. The maximum absolute atomic E-state index is 12.8. The molecule has 11 nitrogen and oxygen atoms in total. The summed E-state index contributed by atoms with van der Waals surface area (Å²) in [5, 5.41) is 15.8. The smallest absolute Gasteiger partial charge is 0.323 e. The van der Waals surface area contributed by atoms with Crippen LogP contribution in [0.5, 0.6) is 0 Å². The average molecular weight is 412 g/mol. The van der Waals surface area contributed by atoms with E-state index >= 15 is 0 Å². The summed E-state index contributed by atoms with van der Waals surface area (Å²) in [6.07, 6.45) is 3.47. The van der Waals surface area contributed by atoms with E-state index in [2.05, 4.69) is 20.4 Å². The molecule has 2 aromatic heterocycles. The zero-order valence-electron chi connectivity index (χ0n) is 17.0. The standard InChI is InChI=1S/C19H24N8O3/c1-24(17(28)13-8-20-19(30)25(2)18(13)29)12-9-26(10-12)15-7-6-14-21-22-16(27(14)23-15)11-4-3-5-11/h6-7,11-13H,3-5,8-10H2,1-2H3,(H,20,30). The summed E-state index contributed by atoms with van der Waals surface area (Å²) in [6.45, 7) is 1.30. The van der Waals surface area contributed by atoms with E-state index in [1.165, 1.54) is 13.5 Å². The second kappa shape index (κ2) is 6.92. The number of likely N-dealkylation sites (N-methyl/N-ethyl adjacent to an activating group) is 1. The third-order valence-corrected chi connectivity index (χ3v) is 6.51. The Labute approximate surface area is 173 Å². The number of fused-ring (bicyclic) bond motifs is 1. The fourth-order valence-electron chi connectivity index (χ4n) is 4.12. The van der Waals surface area contributed by atoms with Gasteiger partial charge in [-0.2, -0.15) is 4.52 Å². The number of hydrogen-bond donors (Lipinski definition) is 1. The van der Waals surface area contributed by atoms with E-state index in [1.54, 1.807) is 11.9 Å². The van der Waals surface area contributed by atoms with Crippen LogP contribution in [0.2, 0.25) is 0 Å². The normalized spacial score (nSPS) is 22.7. The largest absolute Gasteiger partial charge is 0.351 e. The van der Waals surface area contributed by atoms with Gasteiger partial charge in [0.15, 0.2) is 11.5 Å². The lowest BCUT2D eigenvalue weighted by Crippen LogP contribution is -2.64. The van der Waals surface area contributed by atoms with E-state index < -0.39 is 17.9 Å². The van der Waals surface area contributed by atoms with E-state index in [1.807, 2.05) is 16.6 Å². The lowest BCUT2D eigenvalue weighted by molar-refractivity contribution is -0.146. The Bertz CT molecular complexity index is 1030. The van der Waals surface area contributed by atoms with Crippen LogP contribution in [0.25, 0.3) is 5.65 Å². The van der Waals surface area contributed by atoms with Crippen molar-refractivity contribution in [1.29, 1.82) is 0 Å². The number of anilines is 1. The maximum Gasteiger partial charge on any atom is 0.323 e. The fourth-order valence-corrected chi connectivity index (χ4v) is 4.12. The van der Waals surface area contributed by atoms with Crippen molar-refractivity contribution in [2.24, 2.45) is 5.92 Å². The predicted molar refractivity (Wildman–Crippen MR) is 106 cm³/mol. The summed E-state index contributed by atoms with van der Waals surface area (Å²) in [6, 6.07) is 3.34. The van der Waals surface area contributed by atoms with Gasteiger partial charge >= 0.3 is 6.03 Å². The minimum atomic E-state index is -0.872. The number of carbonyl (C=O) groups excluding carboxylic acids is 3. The van der Waals surface area contributed by atoms with Crippen LogP contribution in [-0.4, -0.2) is 87.2 Å². The SMILES string of the molecule is CN1C(=O)NCC(C(=O)N(C)C2CN(c3ccc4nnc(C5CCC5)n4n3)C2)C1=O. The van der Waals surface area contributed by atoms with Crippen LogP contribution in [0.3, 0.4) is 0 Å². The fraction of sp³-hybridized carbons (Fsp3) is 0.579. The van der Waals surface area contributed by atoms with Crippen molar-refractivity contribution in [2.45, 2.75) is 31.2 Å². The maximum atomic E-state index is 12.8. The zero-order valence-corrected chi connectivity index (χ0v) is 17.0. The molecular weight excluding hydrogens is 388 g/mol. The number of urea groups is 1. The summed E-state index contributed by atoms with van der Waals surface area (Å²) >= 11 is 0. The molecule has 11 heteroatoms. The van der Waals surface area contributed by atoms with Gasteiger partial charge in [-0.3, -0.25) is 14.5 Å². The van der Waals surface area contributed by atoms with Crippen molar-refractivity contribution in [2.75, 3.05) is 38.6 Å². The van der Waals surface area contributed by atoms with Crippen molar-refractivity contribution >= 4 is 29.3 Å². The molecule has 3 aliphatic rings. The van der Waals surface area contributed by atoms with Crippen molar-refractivity contribution in [3.05, 3.63) is 18.0 Å². The molecule has 2 aliphatic heterocycles. The molecule has 1 unspecified atom stereocenters. The first-order valence-corrected chi connectivity index (χ1v) is 10.2. The molecule has 0 bridgehead atoms. The molecule has 4 amide bonds. The number of nitrogens with zero attached hydrogens (tertiary/aromatic N) is 7. The van der Waals surface area contributed by atoms with Gasteiger partial charge in [-0.15, -0.1) is 15.3 Å². The van der Waals surface area contributed by atoms with Gasteiger partial charge in [0.05, 0.1) is 6.04 Å². The molecule has 1 aliphatic carbocycles. The Balaban J connectivity index is 1.25. The first-order chi connectivity index (χ1) is 14.4. The van der Waals surface area contributed by atoms with E-state index in [4.69, 9.17) is 5.10 Å². The molecule has 158 valence electrons. The summed E-state index contributed by atoms with van der Waals surface area (Å²) in [7, 11) is 3.09. The van der Waals surface area contributed by atoms with E-state index in [-0.39, 0.29) is 18.5 Å². The zero-order chi connectivity index (χ0) is 21.0. The van der Waals surface area contributed by atoms with Crippen LogP contribution in [0.4, 0.5) is 10.6 Å². The molecule has 30 heavy (non-hydrogen) atoms. The van der Waals surface area contributed by atoms with Crippen LogP contribution in [-0.2, 0) is 9.59 Å². The molecule has 0 spiro atoms. The van der Waals surface area contributed by atoms with Crippen LogP contribution < -0.4 is 10.2 Å². The summed E-state index contributed by atoms with van der Waals surface area (Å²) in [4.78, 5) is 41.3. The Morgan fingerprint density at radius 1 is 1.20 bits per heavy atom. The van der Waals surface area contributed by atoms with Crippen molar-refractivity contribution in [3.8, 4) is 0 Å². The highest BCUT2D eigenvalue weighted by molar-refractivity contribution is 6.08. The molecule has 1 saturated carbocycles. The van der Waals surface area contributed by atoms with Gasteiger partial charge in [0.2, 0.25) is 11.8 Å². The average Bonchev–Trinajstić information content (AvgIpc) is 3.06. The second-order valence-corrected chi connectivity index (χ2v) is 8.29. The molecule has 0 aromatic carbocycles. The molecular formula is C19H24N8O3. The van der Waals surface area contributed by atoms with Crippen molar-refractivity contribution in [1.82, 2.24) is 34.9 Å². The number of aromatic nitrogens is 4. The van der Waals surface area contributed by atoms with E-state index in [9.17, 15) is 14.4 Å². The Morgan fingerprint density at radius 2 is 1.97 bits per heavy atom. The lowest BCUT2D eigenvalue weighted by atomic mass is 9.85. The van der Waals surface area contributed by atoms with Gasteiger partial charge in [0, 0.05) is 39.6 Å². The Kier molecular flexibility index (Phi) is 4.33. The van der Waals surface area contributed by atoms with E-state index in [0.717, 1.165) is 35.0 Å². The van der Waals surface area contributed by atoms with Gasteiger partial charge in [-0.25, -0.2) is 4.79 Å². The molecule has 1 N–H and O–H groups in total. The van der Waals surface area contributed by atoms with Crippen molar-refractivity contribution < 1.29 is 14.4 Å². The van der Waals surface area contributed by atoms with Gasteiger partial charge in [-0.1, -0.05) is 6.42 Å². The molecule has 3 fully saturated rings. The van der Waals surface area contributed by atoms with Crippen LogP contribution in [0, 0.1) is 5.92 Å². The minimum absolute atomic E-state index is 0.0160. The predicted octanol–water partition coefficient (Wildman–Crippen LogP) is -0.163. The van der Waals surface area contributed by atoms with Crippen LogP contribution in [0.15, 0.2) is 12.1 Å². The van der Waals surface area contributed by atoms with Gasteiger partial charge in [-0.05, 0) is 25.0 Å². The summed E-state index contributed by atoms with van der Waals surface area (Å²) in [5.41, 5.74) is 0.743. The topological polar surface area (TPSA) is 116 Å². The molecule has 2 aromatic rings. The highest BCUT2D eigenvalue weighted by atomic mass is 16.2.